The minimum absolute atomic E-state index is 0.311. The topological polar surface area (TPSA) is 27.7 Å². The summed E-state index contributed by atoms with van der Waals surface area (Å²) in [4.78, 5) is 0. The van der Waals surface area contributed by atoms with Crippen molar-refractivity contribution in [3.63, 3.8) is 0 Å². The van der Waals surface area contributed by atoms with Crippen LogP contribution in [0.1, 0.15) is 38.2 Å². The van der Waals surface area contributed by atoms with Crippen molar-refractivity contribution >= 4 is 14.6 Å². The molecule has 0 aromatic heterocycles. The fraction of sp³-hybridized carbons (Fsp3) is 0.579. The molecule has 128 valence electrons. The molecule has 23 heavy (non-hydrogen) atoms. The molecule has 3 nitrogen and oxygen atoms in total. The molecule has 1 heterocycles. The molecule has 2 unspecified atom stereocenters. The van der Waals surface area contributed by atoms with Gasteiger partial charge in [0.25, 0.3) is 0 Å². The third-order valence-corrected chi connectivity index (χ3v) is 9.68. The largest absolute Gasteiger partial charge is 0.396 e. The Balaban J connectivity index is 2.37. The molecule has 0 radical (unpaired) electrons. The quantitative estimate of drug-likeness (QED) is 0.684. The van der Waals surface area contributed by atoms with Crippen molar-refractivity contribution in [3.8, 4) is 0 Å². The van der Waals surface area contributed by atoms with Crippen molar-refractivity contribution in [1.29, 1.82) is 0 Å². The molecule has 2 atom stereocenters. The first kappa shape index (κ1) is 18.4. The molecule has 0 spiro atoms. The normalized spacial score (nSPS) is 27.4. The van der Waals surface area contributed by atoms with E-state index >= 15 is 0 Å². The molecule has 1 aliphatic heterocycles. The monoisotopic (exact) mass is 334 g/mol. The van der Waals surface area contributed by atoms with E-state index < -0.39 is 8.56 Å². The predicted octanol–water partition coefficient (Wildman–Crippen LogP) is 4.57. The second-order valence-electron chi connectivity index (χ2n) is 6.27. The predicted molar refractivity (Wildman–Crippen MR) is 97.4 cm³/mol. The average Bonchev–Trinajstić information content (AvgIpc) is 2.61. The molecule has 0 amide bonds. The Bertz CT molecular complexity index is 499. The molecule has 0 N–H and O–H groups in total. The van der Waals surface area contributed by atoms with Gasteiger partial charge in [-0.15, -0.1) is 0 Å². The summed E-state index contributed by atoms with van der Waals surface area (Å²) in [6, 6.07) is 11.4. The standard InChI is InChI=1S/C19H30O3Si/c1-5-15-19(20-2)18(12-9-16-23(19,21-3)22-4)14-13-17-10-7-6-8-11-17/h6-8,10-11,13-14,18H,5,9,12,15-16H2,1-4H3. The van der Waals surface area contributed by atoms with Crippen molar-refractivity contribution < 1.29 is 13.6 Å². The molecule has 1 fully saturated rings. The van der Waals surface area contributed by atoms with E-state index in [9.17, 15) is 0 Å². The van der Waals surface area contributed by atoms with Gasteiger partial charge in [-0.1, -0.05) is 62.2 Å². The Hall–Kier alpha value is -0.943. The lowest BCUT2D eigenvalue weighted by Gasteiger charge is -2.51. The van der Waals surface area contributed by atoms with Crippen LogP contribution in [0.5, 0.6) is 0 Å². The van der Waals surface area contributed by atoms with Gasteiger partial charge in [0, 0.05) is 27.2 Å². The molecule has 0 bridgehead atoms. The third kappa shape index (κ3) is 3.45. The Kier molecular flexibility index (Phi) is 6.59. The van der Waals surface area contributed by atoms with Crippen LogP contribution in [0.25, 0.3) is 6.08 Å². The number of hydrogen-bond donors (Lipinski definition) is 0. The van der Waals surface area contributed by atoms with E-state index in [0.29, 0.717) is 5.92 Å². The lowest BCUT2D eigenvalue weighted by atomic mass is 9.91. The van der Waals surface area contributed by atoms with Gasteiger partial charge in [0.15, 0.2) is 0 Å². The zero-order chi connectivity index (χ0) is 16.8. The SMILES string of the molecule is CCCC1(OC)C(C=Cc2ccccc2)CCC[Si]1(OC)OC. The van der Waals surface area contributed by atoms with E-state index in [1.807, 2.05) is 13.2 Å². The van der Waals surface area contributed by atoms with Gasteiger partial charge in [0.05, 0.1) is 0 Å². The van der Waals surface area contributed by atoms with Crippen LogP contribution in [-0.4, -0.2) is 35.1 Å². The highest BCUT2D eigenvalue weighted by atomic mass is 28.4. The maximum absolute atomic E-state index is 6.18. The van der Waals surface area contributed by atoms with Crippen LogP contribution in [0.3, 0.4) is 0 Å². The van der Waals surface area contributed by atoms with Gasteiger partial charge in [-0.3, -0.25) is 0 Å². The van der Waals surface area contributed by atoms with E-state index in [-0.39, 0.29) is 5.22 Å². The summed E-state index contributed by atoms with van der Waals surface area (Å²) in [5, 5.41) is -0.311. The van der Waals surface area contributed by atoms with Crippen molar-refractivity contribution in [2.45, 2.75) is 43.9 Å². The molecular formula is C19H30O3Si. The minimum atomic E-state index is -2.41. The molecular weight excluding hydrogens is 304 g/mol. The fourth-order valence-electron chi connectivity index (χ4n) is 4.11. The zero-order valence-corrected chi connectivity index (χ0v) is 15.9. The van der Waals surface area contributed by atoms with Gasteiger partial charge in [0.2, 0.25) is 0 Å². The number of rotatable bonds is 7. The Morgan fingerprint density at radius 3 is 2.43 bits per heavy atom. The van der Waals surface area contributed by atoms with E-state index in [0.717, 1.165) is 31.7 Å². The molecule has 1 aromatic carbocycles. The van der Waals surface area contributed by atoms with Crippen molar-refractivity contribution in [3.05, 3.63) is 42.0 Å². The Labute approximate surface area is 141 Å². The van der Waals surface area contributed by atoms with Gasteiger partial charge in [-0.05, 0) is 24.4 Å². The maximum Gasteiger partial charge on any atom is 0.371 e. The summed E-state index contributed by atoms with van der Waals surface area (Å²) in [5.41, 5.74) is 1.22. The molecule has 0 aliphatic carbocycles. The Morgan fingerprint density at radius 1 is 1.17 bits per heavy atom. The van der Waals surface area contributed by atoms with Crippen LogP contribution in [-0.2, 0) is 13.6 Å². The number of benzene rings is 1. The fourth-order valence-corrected chi connectivity index (χ4v) is 8.22. The summed E-state index contributed by atoms with van der Waals surface area (Å²) in [5.74, 6) is 0.327. The second kappa shape index (κ2) is 8.24. The molecule has 1 aliphatic rings. The van der Waals surface area contributed by atoms with Gasteiger partial charge >= 0.3 is 8.56 Å². The molecule has 4 heteroatoms. The van der Waals surface area contributed by atoms with Gasteiger partial charge in [0.1, 0.15) is 5.22 Å². The first-order valence-corrected chi connectivity index (χ1v) is 10.6. The number of hydrogen-bond acceptors (Lipinski definition) is 3. The minimum Gasteiger partial charge on any atom is -0.396 e. The van der Waals surface area contributed by atoms with E-state index in [1.54, 1.807) is 14.2 Å². The van der Waals surface area contributed by atoms with E-state index in [2.05, 4.69) is 43.3 Å². The molecule has 0 saturated carbocycles. The van der Waals surface area contributed by atoms with Crippen LogP contribution >= 0.6 is 0 Å². The van der Waals surface area contributed by atoms with Gasteiger partial charge < -0.3 is 13.6 Å². The second-order valence-corrected chi connectivity index (χ2v) is 9.94. The smallest absolute Gasteiger partial charge is 0.371 e. The van der Waals surface area contributed by atoms with Crippen molar-refractivity contribution in [1.82, 2.24) is 0 Å². The molecule has 2 rings (SSSR count). The van der Waals surface area contributed by atoms with E-state index in [4.69, 9.17) is 13.6 Å². The zero-order valence-electron chi connectivity index (χ0n) is 14.9. The molecule has 1 aromatic rings. The van der Waals surface area contributed by atoms with Crippen molar-refractivity contribution in [2.24, 2.45) is 5.92 Å². The maximum atomic E-state index is 6.18. The Morgan fingerprint density at radius 2 is 1.87 bits per heavy atom. The van der Waals surface area contributed by atoms with Crippen LogP contribution in [0.2, 0.25) is 6.04 Å². The van der Waals surface area contributed by atoms with Gasteiger partial charge in [-0.2, -0.15) is 0 Å². The lowest BCUT2D eigenvalue weighted by Crippen LogP contribution is -2.68. The highest BCUT2D eigenvalue weighted by Gasteiger charge is 2.62. The van der Waals surface area contributed by atoms with Gasteiger partial charge in [-0.25, -0.2) is 0 Å². The summed E-state index contributed by atoms with van der Waals surface area (Å²) in [6.45, 7) is 2.21. The van der Waals surface area contributed by atoms with Crippen LogP contribution in [0.15, 0.2) is 36.4 Å². The highest BCUT2D eigenvalue weighted by Crippen LogP contribution is 2.47. The summed E-state index contributed by atoms with van der Waals surface area (Å²) in [6.07, 6.45) is 8.81. The number of ether oxygens (including phenoxy) is 1. The average molecular weight is 335 g/mol. The van der Waals surface area contributed by atoms with Crippen LogP contribution in [0, 0.1) is 5.92 Å². The summed E-state index contributed by atoms with van der Waals surface area (Å²) >= 11 is 0. The first-order chi connectivity index (χ1) is 11.2. The van der Waals surface area contributed by atoms with Crippen molar-refractivity contribution in [2.75, 3.05) is 21.3 Å². The van der Waals surface area contributed by atoms with Crippen LogP contribution in [0.4, 0.5) is 0 Å². The highest BCUT2D eigenvalue weighted by molar-refractivity contribution is 6.70. The summed E-state index contributed by atoms with van der Waals surface area (Å²) < 4.78 is 18.2. The first-order valence-electron chi connectivity index (χ1n) is 8.56. The summed E-state index contributed by atoms with van der Waals surface area (Å²) in [7, 11) is 3.01. The molecule has 1 saturated heterocycles. The van der Waals surface area contributed by atoms with E-state index in [1.165, 1.54) is 5.56 Å². The number of methoxy groups -OCH3 is 1. The lowest BCUT2D eigenvalue weighted by molar-refractivity contribution is -0.0394. The van der Waals surface area contributed by atoms with Crippen LogP contribution < -0.4 is 0 Å². The third-order valence-electron chi connectivity index (χ3n) is 5.23.